The smallest absolute Gasteiger partial charge is 0.421 e. The van der Waals surface area contributed by atoms with E-state index in [1.54, 1.807) is 10.9 Å². The first-order valence-electron chi connectivity index (χ1n) is 9.46. The Hall–Kier alpha value is -2.33. The van der Waals surface area contributed by atoms with Crippen molar-refractivity contribution in [1.29, 1.82) is 0 Å². The molecule has 2 aromatic heterocycles. The number of alkyl halides is 3. The maximum Gasteiger partial charge on any atom is 0.421 e. The maximum absolute atomic E-state index is 13.9. The van der Waals surface area contributed by atoms with Crippen LogP contribution in [0.25, 0.3) is 11.3 Å². The lowest BCUT2D eigenvalue weighted by molar-refractivity contribution is -0.138. The highest BCUT2D eigenvalue weighted by Crippen LogP contribution is 2.48. The molecule has 0 aromatic carbocycles. The summed E-state index contributed by atoms with van der Waals surface area (Å²) in [6, 6.07) is 0. The van der Waals surface area contributed by atoms with Gasteiger partial charge in [0.25, 0.3) is 0 Å². The zero-order chi connectivity index (χ0) is 20.8. The van der Waals surface area contributed by atoms with Gasteiger partial charge >= 0.3 is 12.1 Å². The average molecular weight is 414 g/mol. The topological polar surface area (TPSA) is 75.7 Å². The number of hydrogen-bond donors (Lipinski definition) is 0. The van der Waals surface area contributed by atoms with Crippen LogP contribution in [0.1, 0.15) is 47.2 Å². The van der Waals surface area contributed by atoms with Crippen LogP contribution < -0.4 is 0 Å². The van der Waals surface area contributed by atoms with Gasteiger partial charge in [0.2, 0.25) is 5.76 Å². The third-order valence-corrected chi connectivity index (χ3v) is 5.05. The molecule has 1 saturated heterocycles. The van der Waals surface area contributed by atoms with Crippen LogP contribution in [0.3, 0.4) is 0 Å². The number of aromatic nitrogens is 2. The summed E-state index contributed by atoms with van der Waals surface area (Å²) in [5.41, 5.74) is -0.437. The van der Waals surface area contributed by atoms with Gasteiger partial charge < -0.3 is 18.6 Å². The first kappa shape index (κ1) is 20.0. The highest BCUT2D eigenvalue weighted by atomic mass is 19.4. The van der Waals surface area contributed by atoms with Gasteiger partial charge in [-0.15, -0.1) is 0 Å². The molecule has 0 bridgehead atoms. The van der Waals surface area contributed by atoms with E-state index in [2.05, 4.69) is 5.10 Å². The maximum atomic E-state index is 13.9. The summed E-state index contributed by atoms with van der Waals surface area (Å²) in [7, 11) is 0. The lowest BCUT2D eigenvalue weighted by Gasteiger charge is -2.22. The third kappa shape index (κ3) is 3.66. The summed E-state index contributed by atoms with van der Waals surface area (Å²) < 4.78 is 64.4. The van der Waals surface area contributed by atoms with Gasteiger partial charge in [-0.05, 0) is 12.8 Å². The van der Waals surface area contributed by atoms with E-state index >= 15 is 0 Å². The standard InChI is InChI=1S/C19H21F3N2O5/c1-3-27-18(25)17-15(19(20,21)22)14-13(29-17)6-10(2)12-8-24(23-16(12)14)7-11-9-26-4-5-28-11/h8,10-11H,3-7,9H2,1-2H3/t10-,11-/m0/s1. The fourth-order valence-electron chi connectivity index (χ4n) is 3.81. The van der Waals surface area contributed by atoms with Gasteiger partial charge in [0.1, 0.15) is 17.4 Å². The van der Waals surface area contributed by atoms with Gasteiger partial charge in [-0.3, -0.25) is 4.68 Å². The number of rotatable bonds is 4. The number of halogens is 3. The molecule has 0 radical (unpaired) electrons. The van der Waals surface area contributed by atoms with Gasteiger partial charge in [0.05, 0.1) is 44.2 Å². The van der Waals surface area contributed by atoms with Crippen molar-refractivity contribution in [2.24, 2.45) is 0 Å². The minimum Gasteiger partial charge on any atom is -0.460 e. The quantitative estimate of drug-likeness (QED) is 0.714. The second-order valence-electron chi connectivity index (χ2n) is 7.15. The number of furan rings is 1. The Morgan fingerprint density at radius 2 is 2.17 bits per heavy atom. The molecule has 7 nitrogen and oxygen atoms in total. The Morgan fingerprint density at radius 1 is 1.38 bits per heavy atom. The fraction of sp³-hybridized carbons (Fsp3) is 0.579. The Morgan fingerprint density at radius 3 is 2.83 bits per heavy atom. The van der Waals surface area contributed by atoms with Gasteiger partial charge in [-0.1, -0.05) is 6.92 Å². The van der Waals surface area contributed by atoms with E-state index in [0.29, 0.717) is 31.9 Å². The Kier molecular flexibility index (Phi) is 5.16. The molecule has 2 atom stereocenters. The third-order valence-electron chi connectivity index (χ3n) is 5.05. The monoisotopic (exact) mass is 414 g/mol. The van der Waals surface area contributed by atoms with Crippen molar-refractivity contribution in [2.75, 3.05) is 26.4 Å². The molecule has 29 heavy (non-hydrogen) atoms. The highest BCUT2D eigenvalue weighted by Gasteiger charge is 2.46. The second kappa shape index (κ2) is 7.49. The predicted molar refractivity (Wildman–Crippen MR) is 93.6 cm³/mol. The molecule has 0 unspecified atom stereocenters. The van der Waals surface area contributed by atoms with Crippen molar-refractivity contribution in [3.05, 3.63) is 28.8 Å². The van der Waals surface area contributed by atoms with Crippen molar-refractivity contribution >= 4 is 5.97 Å². The number of carbonyl (C=O) groups excluding carboxylic acids is 1. The zero-order valence-electron chi connectivity index (χ0n) is 16.0. The van der Waals surface area contributed by atoms with Crippen LogP contribution in [0.15, 0.2) is 10.6 Å². The summed E-state index contributed by atoms with van der Waals surface area (Å²) in [6.07, 6.45) is -3.04. The Balaban J connectivity index is 1.78. The van der Waals surface area contributed by atoms with Crippen LogP contribution in [-0.2, 0) is 33.4 Å². The normalized spacial score (nSPS) is 21.6. The molecular weight excluding hydrogens is 393 g/mol. The summed E-state index contributed by atoms with van der Waals surface area (Å²) in [4.78, 5) is 12.1. The average Bonchev–Trinajstić information content (AvgIpc) is 3.24. The van der Waals surface area contributed by atoms with Gasteiger partial charge in [-0.25, -0.2) is 4.79 Å². The van der Waals surface area contributed by atoms with Crippen LogP contribution >= 0.6 is 0 Å². The minimum atomic E-state index is -4.79. The van der Waals surface area contributed by atoms with Crippen LogP contribution in [0.4, 0.5) is 13.2 Å². The molecular formula is C19H21F3N2O5. The molecule has 0 N–H and O–H groups in total. The second-order valence-corrected chi connectivity index (χ2v) is 7.15. The molecule has 2 aliphatic rings. The molecule has 158 valence electrons. The summed E-state index contributed by atoms with van der Waals surface area (Å²) in [6.45, 7) is 5.10. The van der Waals surface area contributed by atoms with E-state index in [1.807, 2.05) is 6.92 Å². The van der Waals surface area contributed by atoms with Crippen molar-refractivity contribution in [1.82, 2.24) is 9.78 Å². The number of esters is 1. The van der Waals surface area contributed by atoms with E-state index < -0.39 is 23.5 Å². The number of ether oxygens (including phenoxy) is 3. The van der Waals surface area contributed by atoms with Gasteiger partial charge in [-0.2, -0.15) is 18.3 Å². The summed E-state index contributed by atoms with van der Waals surface area (Å²) >= 11 is 0. The molecule has 1 fully saturated rings. The van der Waals surface area contributed by atoms with E-state index in [4.69, 9.17) is 18.6 Å². The SMILES string of the molecule is CCOC(=O)c1oc2c(c1C(F)(F)F)-c1nn(C[C@H]3COCCO3)cc1[C@@H](C)C2. The number of hydrogen-bond acceptors (Lipinski definition) is 6. The molecule has 3 heterocycles. The van der Waals surface area contributed by atoms with E-state index in [1.165, 1.54) is 6.92 Å². The molecule has 10 heteroatoms. The fourth-order valence-corrected chi connectivity index (χ4v) is 3.81. The first-order valence-corrected chi connectivity index (χ1v) is 9.46. The van der Waals surface area contributed by atoms with Crippen molar-refractivity contribution in [3.8, 4) is 11.3 Å². The lowest BCUT2D eigenvalue weighted by atomic mass is 9.86. The van der Waals surface area contributed by atoms with Crippen molar-refractivity contribution < 1.29 is 36.6 Å². The molecule has 2 aromatic rings. The molecule has 0 amide bonds. The molecule has 1 aliphatic heterocycles. The van der Waals surface area contributed by atoms with Gasteiger partial charge in [0.15, 0.2) is 0 Å². The van der Waals surface area contributed by atoms with E-state index in [0.717, 1.165) is 0 Å². The molecule has 4 rings (SSSR count). The highest BCUT2D eigenvalue weighted by molar-refractivity contribution is 5.92. The largest absolute Gasteiger partial charge is 0.460 e. The number of fused-ring (bicyclic) bond motifs is 3. The lowest BCUT2D eigenvalue weighted by Crippen LogP contribution is -2.32. The van der Waals surface area contributed by atoms with Crippen molar-refractivity contribution in [3.63, 3.8) is 0 Å². The zero-order valence-corrected chi connectivity index (χ0v) is 16.0. The number of carbonyl (C=O) groups is 1. The van der Waals surface area contributed by atoms with Crippen molar-refractivity contribution in [2.45, 2.75) is 45.0 Å². The summed E-state index contributed by atoms with van der Waals surface area (Å²) in [5, 5.41) is 4.40. The number of nitrogens with zero attached hydrogens (tertiary/aromatic N) is 2. The Labute approximate surface area is 164 Å². The van der Waals surface area contributed by atoms with Crippen LogP contribution in [0.2, 0.25) is 0 Å². The van der Waals surface area contributed by atoms with E-state index in [-0.39, 0.29) is 42.1 Å². The predicted octanol–water partition coefficient (Wildman–Crippen LogP) is 3.41. The van der Waals surface area contributed by atoms with E-state index in [9.17, 15) is 18.0 Å². The molecule has 1 aliphatic carbocycles. The van der Waals surface area contributed by atoms with Crippen LogP contribution in [0.5, 0.6) is 0 Å². The molecule has 0 spiro atoms. The molecule has 0 saturated carbocycles. The first-order chi connectivity index (χ1) is 13.8. The summed E-state index contributed by atoms with van der Waals surface area (Å²) in [5.74, 6) is -1.96. The van der Waals surface area contributed by atoms with Crippen LogP contribution in [-0.4, -0.2) is 48.3 Å². The Bertz CT molecular complexity index is 912. The van der Waals surface area contributed by atoms with Gasteiger partial charge in [0, 0.05) is 18.2 Å². The van der Waals surface area contributed by atoms with Crippen LogP contribution in [0, 0.1) is 0 Å². The minimum absolute atomic E-state index is 0.0543.